The summed E-state index contributed by atoms with van der Waals surface area (Å²) in [6.07, 6.45) is 1.06. The quantitative estimate of drug-likeness (QED) is 0.362. The van der Waals surface area contributed by atoms with E-state index in [1.807, 2.05) is 73.3 Å². The Labute approximate surface area is 187 Å². The van der Waals surface area contributed by atoms with Crippen molar-refractivity contribution in [2.24, 2.45) is 10.7 Å². The van der Waals surface area contributed by atoms with E-state index in [1.54, 1.807) is 6.07 Å². The Kier molecular flexibility index (Phi) is 6.10. The number of nitrogens with zero attached hydrogens (tertiary/aromatic N) is 3. The molecular formula is C25H28N4O3. The lowest BCUT2D eigenvalue weighted by Crippen LogP contribution is -2.43. The summed E-state index contributed by atoms with van der Waals surface area (Å²) in [6, 6.07) is 18.6. The number of likely N-dealkylation sites (tertiary alicyclic amines) is 1. The van der Waals surface area contributed by atoms with Gasteiger partial charge in [0.1, 0.15) is 0 Å². The topological polar surface area (TPSA) is 105 Å². The molecule has 2 heterocycles. The number of guanidine groups is 1. The van der Waals surface area contributed by atoms with Crippen LogP contribution >= 0.6 is 0 Å². The van der Waals surface area contributed by atoms with Gasteiger partial charge in [-0.05, 0) is 24.5 Å². The summed E-state index contributed by atoms with van der Waals surface area (Å²) < 4.78 is 5.44. The normalized spacial score (nSPS) is 15.7. The number of nitrogens with two attached hydrogens (primary N) is 1. The minimum Gasteiger partial charge on any atom is -0.393 e. The lowest BCUT2D eigenvalue weighted by molar-refractivity contribution is 0.103. The molecule has 0 saturated carbocycles. The lowest BCUT2D eigenvalue weighted by atomic mass is 9.80. The third-order valence-electron chi connectivity index (χ3n) is 6.03. The van der Waals surface area contributed by atoms with Gasteiger partial charge in [0, 0.05) is 35.7 Å². The molecule has 166 valence electrons. The molecule has 0 aliphatic carbocycles. The van der Waals surface area contributed by atoms with E-state index in [9.17, 15) is 9.90 Å². The fourth-order valence-electron chi connectivity index (χ4n) is 3.84. The molecule has 1 aliphatic rings. The van der Waals surface area contributed by atoms with Crippen molar-refractivity contribution in [3.05, 3.63) is 83.0 Å². The van der Waals surface area contributed by atoms with Gasteiger partial charge in [-0.25, -0.2) is 0 Å². The summed E-state index contributed by atoms with van der Waals surface area (Å²) >= 11 is 0. The van der Waals surface area contributed by atoms with E-state index >= 15 is 0 Å². The Morgan fingerprint density at radius 3 is 2.50 bits per heavy atom. The fraction of sp³-hybridized carbons (Fsp3) is 0.320. The summed E-state index contributed by atoms with van der Waals surface area (Å²) in [4.78, 5) is 19.2. The number of aromatic nitrogens is 1. The molecule has 0 atom stereocenters. The van der Waals surface area contributed by atoms with Crippen molar-refractivity contribution in [2.75, 3.05) is 13.1 Å². The third kappa shape index (κ3) is 4.57. The molecule has 3 N–H and O–H groups in total. The van der Waals surface area contributed by atoms with Crippen LogP contribution in [-0.4, -0.2) is 46.1 Å². The number of aliphatic hydroxyl groups excluding tert-OH is 1. The summed E-state index contributed by atoms with van der Waals surface area (Å²) in [6.45, 7) is 5.37. The van der Waals surface area contributed by atoms with Crippen LogP contribution in [0.5, 0.6) is 0 Å². The molecule has 1 aromatic heterocycles. The average molecular weight is 433 g/mol. The first-order valence-electron chi connectivity index (χ1n) is 10.8. The minimum atomic E-state index is -0.506. The van der Waals surface area contributed by atoms with Crippen LogP contribution in [-0.2, 0) is 5.41 Å². The highest BCUT2D eigenvalue weighted by Gasteiger charge is 2.28. The van der Waals surface area contributed by atoms with Gasteiger partial charge in [-0.2, -0.15) is 4.99 Å². The molecule has 0 amide bonds. The van der Waals surface area contributed by atoms with Crippen molar-refractivity contribution in [3.8, 4) is 0 Å². The number of aliphatic hydroxyl groups is 1. The number of piperidine rings is 1. The monoisotopic (exact) mass is 432 g/mol. The predicted octanol–water partition coefficient (Wildman–Crippen LogP) is 3.63. The van der Waals surface area contributed by atoms with Crippen molar-refractivity contribution >= 4 is 17.6 Å². The van der Waals surface area contributed by atoms with Gasteiger partial charge in [0.15, 0.2) is 11.7 Å². The van der Waals surface area contributed by atoms with Crippen molar-refractivity contribution < 1.29 is 14.4 Å². The van der Waals surface area contributed by atoms with E-state index in [4.69, 9.17) is 10.3 Å². The Hall–Kier alpha value is -3.45. The highest BCUT2D eigenvalue weighted by Crippen LogP contribution is 2.33. The van der Waals surface area contributed by atoms with E-state index in [2.05, 4.69) is 10.1 Å². The molecule has 1 fully saturated rings. The first-order valence-corrected chi connectivity index (χ1v) is 10.8. The second-order valence-corrected chi connectivity index (χ2v) is 8.64. The number of benzene rings is 2. The molecule has 7 heteroatoms. The van der Waals surface area contributed by atoms with Gasteiger partial charge in [-0.15, -0.1) is 0 Å². The maximum absolute atomic E-state index is 12.9. The summed E-state index contributed by atoms with van der Waals surface area (Å²) in [5.74, 6) is 0.661. The first kappa shape index (κ1) is 21.8. The van der Waals surface area contributed by atoms with Crippen LogP contribution in [0.3, 0.4) is 0 Å². The number of carbonyl (C=O) groups excluding carboxylic acids is 1. The largest absolute Gasteiger partial charge is 0.393 e. The maximum atomic E-state index is 12.9. The van der Waals surface area contributed by atoms with Crippen LogP contribution in [0.1, 0.15) is 53.9 Å². The fourth-order valence-corrected chi connectivity index (χ4v) is 3.84. The van der Waals surface area contributed by atoms with Gasteiger partial charge in [0.2, 0.25) is 0 Å². The van der Waals surface area contributed by atoms with Crippen LogP contribution < -0.4 is 5.73 Å². The Morgan fingerprint density at radius 1 is 1.09 bits per heavy atom. The number of ketones is 1. The zero-order valence-corrected chi connectivity index (χ0v) is 18.4. The molecule has 7 nitrogen and oxygen atoms in total. The molecule has 2 aromatic carbocycles. The molecule has 1 aliphatic heterocycles. The molecule has 0 spiro atoms. The number of hydrogen-bond donors (Lipinski definition) is 2. The van der Waals surface area contributed by atoms with E-state index in [0.717, 1.165) is 5.56 Å². The molecule has 0 radical (unpaired) electrons. The van der Waals surface area contributed by atoms with Gasteiger partial charge in [0.25, 0.3) is 5.88 Å². The highest BCUT2D eigenvalue weighted by atomic mass is 16.5. The number of hydrogen-bond acceptors (Lipinski definition) is 5. The van der Waals surface area contributed by atoms with Gasteiger partial charge >= 0.3 is 0 Å². The molecule has 3 aromatic rings. The number of aliphatic imine (C=N–C) groups is 1. The minimum absolute atomic E-state index is 0.0203. The zero-order chi connectivity index (χ0) is 22.7. The zero-order valence-electron chi connectivity index (χ0n) is 18.4. The van der Waals surface area contributed by atoms with Crippen molar-refractivity contribution in [1.29, 1.82) is 0 Å². The van der Waals surface area contributed by atoms with Crippen LogP contribution in [0.25, 0.3) is 0 Å². The van der Waals surface area contributed by atoms with Crippen LogP contribution in [0.2, 0.25) is 0 Å². The highest BCUT2D eigenvalue weighted by molar-refractivity contribution is 6.09. The van der Waals surface area contributed by atoms with Crippen molar-refractivity contribution in [3.63, 3.8) is 0 Å². The van der Waals surface area contributed by atoms with Gasteiger partial charge in [-0.3, -0.25) is 4.79 Å². The molecular weight excluding hydrogens is 404 g/mol. The Morgan fingerprint density at radius 2 is 1.78 bits per heavy atom. The third-order valence-corrected chi connectivity index (χ3v) is 6.03. The van der Waals surface area contributed by atoms with Crippen molar-refractivity contribution in [1.82, 2.24) is 10.1 Å². The lowest BCUT2D eigenvalue weighted by Gasteiger charge is -2.29. The van der Waals surface area contributed by atoms with Crippen molar-refractivity contribution in [2.45, 2.75) is 38.2 Å². The predicted molar refractivity (Wildman–Crippen MR) is 123 cm³/mol. The molecule has 32 heavy (non-hydrogen) atoms. The van der Waals surface area contributed by atoms with E-state index in [-0.39, 0.29) is 11.9 Å². The first-order chi connectivity index (χ1) is 15.3. The van der Waals surface area contributed by atoms with Crippen LogP contribution in [0, 0.1) is 0 Å². The molecule has 1 saturated heterocycles. The summed E-state index contributed by atoms with van der Waals surface area (Å²) in [7, 11) is 0. The standard InChI is InChI=1S/C25H28N4O3/c1-25(2,19-10-6-9-18(15-19)23(31)17-7-4-3-5-8-17)21-16-22(32-28-21)27-24(26)29-13-11-20(30)12-14-29/h3-10,15-16,20,30H,11-14H2,1-2H3,(H2,26,27). The number of carbonyl (C=O) groups is 1. The summed E-state index contributed by atoms with van der Waals surface area (Å²) in [5.41, 5.74) is 8.55. The molecule has 4 rings (SSSR count). The SMILES string of the molecule is CC(C)(c1cccc(C(=O)c2ccccc2)c1)c1cc(/N=C(\N)N2CCC(O)CC2)on1. The van der Waals surface area contributed by atoms with Gasteiger partial charge < -0.3 is 20.3 Å². The smallest absolute Gasteiger partial charge is 0.253 e. The average Bonchev–Trinajstić information content (AvgIpc) is 3.29. The van der Waals surface area contributed by atoms with Gasteiger partial charge in [-0.1, -0.05) is 67.5 Å². The van der Waals surface area contributed by atoms with E-state index < -0.39 is 5.41 Å². The molecule has 0 unspecified atom stereocenters. The Balaban J connectivity index is 1.55. The van der Waals surface area contributed by atoms with Crippen LogP contribution in [0.15, 0.2) is 70.2 Å². The maximum Gasteiger partial charge on any atom is 0.253 e. The molecule has 0 bridgehead atoms. The van der Waals surface area contributed by atoms with Crippen LogP contribution in [0.4, 0.5) is 5.88 Å². The Bertz CT molecular complexity index is 1110. The summed E-state index contributed by atoms with van der Waals surface area (Å²) in [5, 5.41) is 13.9. The number of rotatable bonds is 5. The van der Waals surface area contributed by atoms with E-state index in [0.29, 0.717) is 54.6 Å². The van der Waals surface area contributed by atoms with Gasteiger partial charge in [0.05, 0.1) is 11.8 Å². The second-order valence-electron chi connectivity index (χ2n) is 8.64. The van der Waals surface area contributed by atoms with E-state index in [1.165, 1.54) is 0 Å². The second kappa shape index (κ2) is 8.96.